The SMILES string of the molecule is O=C(c1ccc(S(=O)(=O)N2CCCC2)cc1)N1CCCCC1c1ccc(F)cc1. The number of sulfonamides is 1. The topological polar surface area (TPSA) is 57.7 Å². The lowest BCUT2D eigenvalue weighted by atomic mass is 9.94. The first-order valence-corrected chi connectivity index (χ1v) is 11.6. The van der Waals surface area contributed by atoms with E-state index in [-0.39, 0.29) is 22.7 Å². The highest BCUT2D eigenvalue weighted by atomic mass is 32.2. The fourth-order valence-electron chi connectivity index (χ4n) is 4.22. The van der Waals surface area contributed by atoms with E-state index in [0.717, 1.165) is 37.7 Å². The molecule has 0 radical (unpaired) electrons. The lowest BCUT2D eigenvalue weighted by Gasteiger charge is -2.36. The van der Waals surface area contributed by atoms with Crippen LogP contribution in [0.1, 0.15) is 54.1 Å². The monoisotopic (exact) mass is 416 g/mol. The van der Waals surface area contributed by atoms with Gasteiger partial charge < -0.3 is 4.90 Å². The second-order valence-electron chi connectivity index (χ2n) is 7.70. The zero-order valence-electron chi connectivity index (χ0n) is 16.3. The molecule has 2 saturated heterocycles. The molecule has 2 fully saturated rings. The zero-order chi connectivity index (χ0) is 20.4. The van der Waals surface area contributed by atoms with Gasteiger partial charge in [0.05, 0.1) is 10.9 Å². The summed E-state index contributed by atoms with van der Waals surface area (Å²) in [6.07, 6.45) is 4.54. The van der Waals surface area contributed by atoms with E-state index >= 15 is 0 Å². The van der Waals surface area contributed by atoms with Gasteiger partial charge in [0, 0.05) is 25.2 Å². The summed E-state index contributed by atoms with van der Waals surface area (Å²) in [6.45, 7) is 1.74. The van der Waals surface area contributed by atoms with Crippen molar-refractivity contribution in [2.75, 3.05) is 19.6 Å². The van der Waals surface area contributed by atoms with E-state index in [0.29, 0.717) is 25.2 Å². The molecule has 5 nitrogen and oxygen atoms in total. The molecule has 2 aliphatic heterocycles. The number of carbonyl (C=O) groups is 1. The van der Waals surface area contributed by atoms with E-state index in [2.05, 4.69) is 0 Å². The highest BCUT2D eigenvalue weighted by Gasteiger charge is 2.30. The molecule has 29 heavy (non-hydrogen) atoms. The average Bonchev–Trinajstić information content (AvgIpc) is 3.30. The first-order valence-electron chi connectivity index (χ1n) is 10.1. The van der Waals surface area contributed by atoms with Crippen LogP contribution in [-0.4, -0.2) is 43.2 Å². The van der Waals surface area contributed by atoms with Crippen molar-refractivity contribution in [3.63, 3.8) is 0 Å². The fourth-order valence-corrected chi connectivity index (χ4v) is 5.74. The van der Waals surface area contributed by atoms with Crippen LogP contribution in [0.3, 0.4) is 0 Å². The number of carbonyl (C=O) groups excluding carboxylic acids is 1. The second-order valence-corrected chi connectivity index (χ2v) is 9.64. The predicted molar refractivity (Wildman–Crippen MR) is 108 cm³/mol. The Bertz CT molecular complexity index is 968. The minimum Gasteiger partial charge on any atom is -0.332 e. The van der Waals surface area contributed by atoms with E-state index in [1.165, 1.54) is 28.6 Å². The smallest absolute Gasteiger partial charge is 0.254 e. The molecule has 7 heteroatoms. The normalized spacial score (nSPS) is 20.7. The molecule has 0 saturated carbocycles. The summed E-state index contributed by atoms with van der Waals surface area (Å²) in [6, 6.07) is 12.5. The molecule has 1 atom stereocenters. The van der Waals surface area contributed by atoms with E-state index in [4.69, 9.17) is 0 Å². The van der Waals surface area contributed by atoms with Gasteiger partial charge in [-0.3, -0.25) is 4.79 Å². The van der Waals surface area contributed by atoms with Gasteiger partial charge in [0.15, 0.2) is 0 Å². The summed E-state index contributed by atoms with van der Waals surface area (Å²) in [5, 5.41) is 0. The van der Waals surface area contributed by atoms with E-state index in [1.807, 2.05) is 4.90 Å². The van der Waals surface area contributed by atoms with Gasteiger partial charge >= 0.3 is 0 Å². The molecule has 154 valence electrons. The van der Waals surface area contributed by atoms with E-state index in [1.54, 1.807) is 24.3 Å². The van der Waals surface area contributed by atoms with Gasteiger partial charge in [-0.25, -0.2) is 12.8 Å². The van der Waals surface area contributed by atoms with Gasteiger partial charge in [-0.2, -0.15) is 4.31 Å². The van der Waals surface area contributed by atoms with Crippen molar-refractivity contribution in [1.82, 2.24) is 9.21 Å². The van der Waals surface area contributed by atoms with E-state index in [9.17, 15) is 17.6 Å². The average molecular weight is 417 g/mol. The highest BCUT2D eigenvalue weighted by molar-refractivity contribution is 7.89. The maximum absolute atomic E-state index is 13.3. The number of halogens is 1. The highest BCUT2D eigenvalue weighted by Crippen LogP contribution is 2.32. The number of hydrogen-bond donors (Lipinski definition) is 0. The number of hydrogen-bond acceptors (Lipinski definition) is 3. The summed E-state index contributed by atoms with van der Waals surface area (Å²) < 4.78 is 40.2. The molecule has 0 spiro atoms. The van der Waals surface area contributed by atoms with Gasteiger partial charge in [-0.15, -0.1) is 0 Å². The standard InChI is InChI=1S/C22H25FN2O3S/c23-19-10-6-17(7-11-19)21-5-1-2-16-25(21)22(26)18-8-12-20(13-9-18)29(27,28)24-14-3-4-15-24/h6-13,21H,1-5,14-16H2. The Balaban J connectivity index is 1.55. The molecular formula is C22H25FN2O3S. The van der Waals surface area contributed by atoms with Crippen molar-refractivity contribution in [1.29, 1.82) is 0 Å². The number of likely N-dealkylation sites (tertiary alicyclic amines) is 1. The summed E-state index contributed by atoms with van der Waals surface area (Å²) in [5.74, 6) is -0.415. The first kappa shape index (κ1) is 20.0. The van der Waals surface area contributed by atoms with Gasteiger partial charge in [0.2, 0.25) is 10.0 Å². The van der Waals surface area contributed by atoms with Crippen molar-refractivity contribution in [3.05, 3.63) is 65.5 Å². The van der Waals surface area contributed by atoms with Crippen molar-refractivity contribution in [2.24, 2.45) is 0 Å². The van der Waals surface area contributed by atoms with Gasteiger partial charge in [-0.05, 0) is 74.1 Å². The van der Waals surface area contributed by atoms with Crippen molar-refractivity contribution < 1.29 is 17.6 Å². The number of piperidine rings is 1. The van der Waals surface area contributed by atoms with Crippen LogP contribution in [0, 0.1) is 5.82 Å². The lowest BCUT2D eigenvalue weighted by Crippen LogP contribution is -2.38. The summed E-state index contributed by atoms with van der Waals surface area (Å²) in [4.78, 5) is 15.2. The fraction of sp³-hybridized carbons (Fsp3) is 0.409. The van der Waals surface area contributed by atoms with Crippen LogP contribution in [0.2, 0.25) is 0 Å². The van der Waals surface area contributed by atoms with Crippen LogP contribution in [0.25, 0.3) is 0 Å². The van der Waals surface area contributed by atoms with E-state index < -0.39 is 10.0 Å². The second kappa shape index (κ2) is 8.24. The van der Waals surface area contributed by atoms with Crippen molar-refractivity contribution >= 4 is 15.9 Å². The molecule has 1 amide bonds. The van der Waals surface area contributed by atoms with Crippen LogP contribution in [0.15, 0.2) is 53.4 Å². The molecule has 0 aliphatic carbocycles. The van der Waals surface area contributed by atoms with Crippen LogP contribution in [0.5, 0.6) is 0 Å². The van der Waals surface area contributed by atoms with Crippen LogP contribution in [-0.2, 0) is 10.0 Å². The maximum atomic E-state index is 13.3. The summed E-state index contributed by atoms with van der Waals surface area (Å²) >= 11 is 0. The third-order valence-corrected chi connectivity index (χ3v) is 7.74. The number of rotatable bonds is 4. The Labute approximate surface area is 171 Å². The molecular weight excluding hydrogens is 391 g/mol. The molecule has 2 aromatic carbocycles. The minimum absolute atomic E-state index is 0.0927. The Morgan fingerprint density at radius 1 is 0.862 bits per heavy atom. The third kappa shape index (κ3) is 4.07. The summed E-state index contributed by atoms with van der Waals surface area (Å²) in [7, 11) is -3.49. The Kier molecular flexibility index (Phi) is 5.69. The first-order chi connectivity index (χ1) is 14.0. The molecule has 1 unspecified atom stereocenters. The molecule has 2 aromatic rings. The lowest BCUT2D eigenvalue weighted by molar-refractivity contribution is 0.0611. The van der Waals surface area contributed by atoms with Crippen molar-refractivity contribution in [3.8, 4) is 0 Å². The number of nitrogens with zero attached hydrogens (tertiary/aromatic N) is 2. The number of amides is 1. The molecule has 4 rings (SSSR count). The zero-order valence-corrected chi connectivity index (χ0v) is 17.1. The predicted octanol–water partition coefficient (Wildman–Crippen LogP) is 3.98. The van der Waals surface area contributed by atoms with Gasteiger partial charge in [-0.1, -0.05) is 12.1 Å². The quantitative estimate of drug-likeness (QED) is 0.758. The van der Waals surface area contributed by atoms with Crippen LogP contribution >= 0.6 is 0 Å². The molecule has 2 aliphatic rings. The van der Waals surface area contributed by atoms with Crippen LogP contribution in [0.4, 0.5) is 4.39 Å². The van der Waals surface area contributed by atoms with Gasteiger partial charge in [0.25, 0.3) is 5.91 Å². The molecule has 0 aromatic heterocycles. The largest absolute Gasteiger partial charge is 0.332 e. The molecule has 2 heterocycles. The molecule has 0 bridgehead atoms. The summed E-state index contributed by atoms with van der Waals surface area (Å²) in [5.41, 5.74) is 1.40. The number of benzene rings is 2. The van der Waals surface area contributed by atoms with Crippen molar-refractivity contribution in [2.45, 2.75) is 43.0 Å². The molecule has 0 N–H and O–H groups in total. The maximum Gasteiger partial charge on any atom is 0.254 e. The third-order valence-electron chi connectivity index (χ3n) is 5.82. The minimum atomic E-state index is -3.49. The van der Waals surface area contributed by atoms with Gasteiger partial charge in [0.1, 0.15) is 5.82 Å². The Hall–Kier alpha value is -2.25. The Morgan fingerprint density at radius 3 is 2.14 bits per heavy atom. The Morgan fingerprint density at radius 2 is 1.48 bits per heavy atom. The van der Waals surface area contributed by atoms with Crippen LogP contribution < -0.4 is 0 Å².